The number of halogens is 2. The number of nitrogens with one attached hydrogen (secondary N) is 1. The van der Waals surface area contributed by atoms with Crippen LogP contribution in [0, 0.1) is 12.9 Å². The van der Waals surface area contributed by atoms with E-state index < -0.39 is 5.95 Å². The van der Waals surface area contributed by atoms with E-state index in [9.17, 15) is 4.39 Å². The Morgan fingerprint density at radius 2 is 2.17 bits per heavy atom. The molecule has 92 valence electrons. The van der Waals surface area contributed by atoms with E-state index in [1.807, 2.05) is 13.0 Å². The predicted molar refractivity (Wildman–Crippen MR) is 69.9 cm³/mol. The van der Waals surface area contributed by atoms with Gasteiger partial charge in [0.1, 0.15) is 5.75 Å². The number of fused-ring (bicyclic) bond motifs is 3. The predicted octanol–water partition coefficient (Wildman–Crippen LogP) is 3.83. The third-order valence-electron chi connectivity index (χ3n) is 3.05. The highest BCUT2D eigenvalue weighted by atomic mass is 35.5. The van der Waals surface area contributed by atoms with Crippen LogP contribution in [0.15, 0.2) is 18.3 Å². The van der Waals surface area contributed by atoms with E-state index in [1.54, 1.807) is 13.2 Å². The van der Waals surface area contributed by atoms with E-state index in [2.05, 4.69) is 9.97 Å². The Morgan fingerprint density at radius 1 is 1.39 bits per heavy atom. The molecule has 18 heavy (non-hydrogen) atoms. The molecule has 3 nitrogen and oxygen atoms in total. The maximum Gasteiger partial charge on any atom is 0.223 e. The minimum Gasteiger partial charge on any atom is -0.496 e. The van der Waals surface area contributed by atoms with Gasteiger partial charge in [-0.15, -0.1) is 0 Å². The molecule has 0 saturated carbocycles. The standard InChI is InChI=1S/C13H10ClFN2O/c1-6-3-9-7(4-10(6)18-2)11-12(17-9)8(14)5-16-13(11)15/h3-5,17H,1-2H3. The monoisotopic (exact) mass is 264 g/mol. The summed E-state index contributed by atoms with van der Waals surface area (Å²) in [6, 6.07) is 3.70. The maximum absolute atomic E-state index is 13.8. The highest BCUT2D eigenvalue weighted by Crippen LogP contribution is 2.34. The third kappa shape index (κ3) is 1.46. The van der Waals surface area contributed by atoms with Gasteiger partial charge in [-0.3, -0.25) is 0 Å². The minimum absolute atomic E-state index is 0.399. The van der Waals surface area contributed by atoms with Crippen LogP contribution in [0.2, 0.25) is 5.02 Å². The number of hydrogen-bond acceptors (Lipinski definition) is 2. The fourth-order valence-electron chi connectivity index (χ4n) is 2.19. The number of H-pyrrole nitrogens is 1. The normalized spacial score (nSPS) is 11.3. The summed E-state index contributed by atoms with van der Waals surface area (Å²) in [5.74, 6) is 0.175. The van der Waals surface area contributed by atoms with Crippen LogP contribution in [0.3, 0.4) is 0 Å². The molecule has 0 aliphatic carbocycles. The molecule has 0 radical (unpaired) electrons. The number of hydrogen-bond donors (Lipinski definition) is 1. The van der Waals surface area contributed by atoms with Crippen molar-refractivity contribution in [3.05, 3.63) is 34.9 Å². The molecule has 2 heterocycles. The summed E-state index contributed by atoms with van der Waals surface area (Å²) in [6.07, 6.45) is 1.30. The number of rotatable bonds is 1. The van der Waals surface area contributed by atoms with Gasteiger partial charge in [0.05, 0.1) is 29.2 Å². The van der Waals surface area contributed by atoms with Crippen LogP contribution in [0.1, 0.15) is 5.56 Å². The smallest absolute Gasteiger partial charge is 0.223 e. The fraction of sp³-hybridized carbons (Fsp3) is 0.154. The second kappa shape index (κ2) is 3.85. The zero-order chi connectivity index (χ0) is 12.9. The Balaban J connectivity index is 2.53. The van der Waals surface area contributed by atoms with Crippen LogP contribution in [-0.4, -0.2) is 17.1 Å². The van der Waals surface area contributed by atoms with Gasteiger partial charge in [0.15, 0.2) is 0 Å². The second-order valence-corrected chi connectivity index (χ2v) is 4.55. The van der Waals surface area contributed by atoms with Gasteiger partial charge >= 0.3 is 0 Å². The van der Waals surface area contributed by atoms with Gasteiger partial charge in [0.2, 0.25) is 5.95 Å². The molecule has 1 aromatic carbocycles. The number of nitrogens with zero attached hydrogens (tertiary/aromatic N) is 1. The zero-order valence-corrected chi connectivity index (χ0v) is 10.6. The lowest BCUT2D eigenvalue weighted by molar-refractivity contribution is 0.412. The summed E-state index contributed by atoms with van der Waals surface area (Å²) < 4.78 is 19.1. The van der Waals surface area contributed by atoms with Crippen molar-refractivity contribution in [2.75, 3.05) is 7.11 Å². The van der Waals surface area contributed by atoms with E-state index in [4.69, 9.17) is 16.3 Å². The molecule has 0 spiro atoms. The summed E-state index contributed by atoms with van der Waals surface area (Å²) in [5.41, 5.74) is 2.35. The molecule has 2 aromatic heterocycles. The second-order valence-electron chi connectivity index (χ2n) is 4.14. The number of aromatic nitrogens is 2. The van der Waals surface area contributed by atoms with E-state index in [1.165, 1.54) is 6.20 Å². The molecule has 0 fully saturated rings. The zero-order valence-electron chi connectivity index (χ0n) is 9.84. The molecule has 1 N–H and O–H groups in total. The molecule has 0 aliphatic heterocycles. The average molecular weight is 265 g/mol. The van der Waals surface area contributed by atoms with Gasteiger partial charge < -0.3 is 9.72 Å². The highest BCUT2D eigenvalue weighted by Gasteiger charge is 2.14. The van der Waals surface area contributed by atoms with E-state index in [0.29, 0.717) is 21.7 Å². The SMILES string of the molecule is COc1cc2c(cc1C)[nH]c1c(Cl)cnc(F)c12. The highest BCUT2D eigenvalue weighted by molar-refractivity contribution is 6.36. The summed E-state index contributed by atoms with van der Waals surface area (Å²) in [5, 5.41) is 1.52. The maximum atomic E-state index is 13.8. The van der Waals surface area contributed by atoms with Crippen LogP contribution >= 0.6 is 11.6 Å². The number of aromatic amines is 1. The lowest BCUT2D eigenvalue weighted by Crippen LogP contribution is -1.87. The first-order valence-electron chi connectivity index (χ1n) is 5.42. The Hall–Kier alpha value is -1.81. The molecule has 5 heteroatoms. The van der Waals surface area contributed by atoms with E-state index in [0.717, 1.165) is 16.5 Å². The van der Waals surface area contributed by atoms with Gasteiger partial charge in [-0.2, -0.15) is 4.39 Å². The molecule has 0 aliphatic rings. The van der Waals surface area contributed by atoms with Gasteiger partial charge in [-0.05, 0) is 24.6 Å². The quantitative estimate of drug-likeness (QED) is 0.679. The Kier molecular flexibility index (Phi) is 2.41. The summed E-state index contributed by atoms with van der Waals surface area (Å²) >= 11 is 6.02. The van der Waals surface area contributed by atoms with Crippen molar-refractivity contribution in [2.45, 2.75) is 6.92 Å². The Morgan fingerprint density at radius 3 is 2.89 bits per heavy atom. The first-order chi connectivity index (χ1) is 8.61. The molecule has 0 amide bonds. The number of ether oxygens (including phenoxy) is 1. The van der Waals surface area contributed by atoms with Crippen LogP contribution < -0.4 is 4.74 Å². The number of methoxy groups -OCH3 is 1. The van der Waals surface area contributed by atoms with Crippen molar-refractivity contribution < 1.29 is 9.13 Å². The molecule has 0 bridgehead atoms. The van der Waals surface area contributed by atoms with Gasteiger partial charge in [-0.25, -0.2) is 4.98 Å². The van der Waals surface area contributed by atoms with Crippen LogP contribution in [0.5, 0.6) is 5.75 Å². The lowest BCUT2D eigenvalue weighted by Gasteiger charge is -2.04. The van der Waals surface area contributed by atoms with E-state index in [-0.39, 0.29) is 0 Å². The van der Waals surface area contributed by atoms with Crippen LogP contribution in [0.25, 0.3) is 21.8 Å². The van der Waals surface area contributed by atoms with Crippen molar-refractivity contribution in [3.8, 4) is 5.75 Å². The molecular weight excluding hydrogens is 255 g/mol. The third-order valence-corrected chi connectivity index (χ3v) is 3.34. The number of aryl methyl sites for hydroxylation is 1. The first kappa shape index (κ1) is 11.3. The lowest BCUT2D eigenvalue weighted by atomic mass is 10.1. The van der Waals surface area contributed by atoms with Crippen LogP contribution in [0.4, 0.5) is 4.39 Å². The van der Waals surface area contributed by atoms with Crippen molar-refractivity contribution in [2.24, 2.45) is 0 Å². The molecule has 0 saturated heterocycles. The fourth-order valence-corrected chi connectivity index (χ4v) is 2.38. The molecule has 3 aromatic rings. The molecule has 0 unspecified atom stereocenters. The molecule has 0 atom stereocenters. The molecular formula is C13H10ClFN2O. The van der Waals surface area contributed by atoms with Gasteiger partial charge in [0.25, 0.3) is 0 Å². The summed E-state index contributed by atoms with van der Waals surface area (Å²) in [6.45, 7) is 1.93. The molecule has 3 rings (SSSR count). The Labute approximate surface area is 108 Å². The van der Waals surface area contributed by atoms with Crippen molar-refractivity contribution >= 4 is 33.4 Å². The first-order valence-corrected chi connectivity index (χ1v) is 5.79. The van der Waals surface area contributed by atoms with E-state index >= 15 is 0 Å². The summed E-state index contributed by atoms with van der Waals surface area (Å²) in [4.78, 5) is 6.76. The number of benzene rings is 1. The topological polar surface area (TPSA) is 37.9 Å². The van der Waals surface area contributed by atoms with Gasteiger partial charge in [0, 0.05) is 10.9 Å². The largest absolute Gasteiger partial charge is 0.496 e. The average Bonchev–Trinajstić information content (AvgIpc) is 2.72. The Bertz CT molecular complexity index is 767. The van der Waals surface area contributed by atoms with Crippen molar-refractivity contribution in [3.63, 3.8) is 0 Å². The number of pyridine rings is 1. The van der Waals surface area contributed by atoms with Crippen molar-refractivity contribution in [1.29, 1.82) is 0 Å². The van der Waals surface area contributed by atoms with Crippen LogP contribution in [-0.2, 0) is 0 Å². The minimum atomic E-state index is -0.536. The van der Waals surface area contributed by atoms with Crippen molar-refractivity contribution in [1.82, 2.24) is 9.97 Å². The van der Waals surface area contributed by atoms with Gasteiger partial charge in [-0.1, -0.05) is 11.6 Å². The summed E-state index contributed by atoms with van der Waals surface area (Å²) in [7, 11) is 1.59.